The van der Waals surface area contributed by atoms with Gasteiger partial charge < -0.3 is 15.4 Å². The monoisotopic (exact) mass is 308 g/mol. The van der Waals surface area contributed by atoms with Crippen LogP contribution in [-0.2, 0) is 4.74 Å². The molecule has 0 bridgehead atoms. The molecule has 0 aliphatic heterocycles. The van der Waals surface area contributed by atoms with Crippen molar-refractivity contribution in [1.82, 2.24) is 15.1 Å². The van der Waals surface area contributed by atoms with Crippen molar-refractivity contribution in [3.63, 3.8) is 0 Å². The van der Waals surface area contributed by atoms with Gasteiger partial charge in [-0.2, -0.15) is 5.10 Å². The zero-order valence-electron chi connectivity index (χ0n) is 14.2. The van der Waals surface area contributed by atoms with Gasteiger partial charge in [-0.15, -0.1) is 0 Å². The van der Waals surface area contributed by atoms with Gasteiger partial charge in [0.2, 0.25) is 0 Å². The highest BCUT2D eigenvalue weighted by Gasteiger charge is 2.27. The van der Waals surface area contributed by atoms with Crippen LogP contribution in [0.15, 0.2) is 12.4 Å². The van der Waals surface area contributed by atoms with Gasteiger partial charge in [-0.25, -0.2) is 4.79 Å². The number of nitrogens with one attached hydrogen (secondary N) is 2. The molecular formula is C16H28N4O2. The number of carbonyl (C=O) groups is 1. The molecule has 0 radical (unpaired) electrons. The number of hydrogen-bond donors (Lipinski definition) is 2. The second kappa shape index (κ2) is 6.58. The van der Waals surface area contributed by atoms with E-state index in [0.717, 1.165) is 24.9 Å². The van der Waals surface area contributed by atoms with E-state index in [9.17, 15) is 4.79 Å². The van der Waals surface area contributed by atoms with Crippen molar-refractivity contribution in [1.29, 1.82) is 0 Å². The van der Waals surface area contributed by atoms with E-state index in [-0.39, 0.29) is 12.1 Å². The topological polar surface area (TPSA) is 68.2 Å². The molecule has 1 fully saturated rings. The maximum Gasteiger partial charge on any atom is 0.407 e. The zero-order chi connectivity index (χ0) is 16.3. The van der Waals surface area contributed by atoms with E-state index in [4.69, 9.17) is 4.74 Å². The van der Waals surface area contributed by atoms with Gasteiger partial charge in [-0.1, -0.05) is 0 Å². The van der Waals surface area contributed by atoms with Gasteiger partial charge in [-0.3, -0.25) is 4.68 Å². The van der Waals surface area contributed by atoms with Crippen LogP contribution in [0, 0.1) is 0 Å². The van der Waals surface area contributed by atoms with Gasteiger partial charge in [-0.05, 0) is 53.9 Å². The molecule has 1 saturated carbocycles. The number of nitrogens with zero attached hydrogens (tertiary/aromatic N) is 2. The van der Waals surface area contributed by atoms with Crippen LogP contribution in [-0.4, -0.2) is 33.6 Å². The zero-order valence-corrected chi connectivity index (χ0v) is 14.2. The lowest BCUT2D eigenvalue weighted by Crippen LogP contribution is -2.38. The highest BCUT2D eigenvalue weighted by molar-refractivity contribution is 5.68. The predicted octanol–water partition coefficient (Wildman–Crippen LogP) is 3.32. The molecule has 2 unspecified atom stereocenters. The third-order valence-electron chi connectivity index (χ3n) is 3.65. The summed E-state index contributed by atoms with van der Waals surface area (Å²) in [5, 5.41) is 10.8. The van der Waals surface area contributed by atoms with E-state index in [2.05, 4.69) is 29.6 Å². The van der Waals surface area contributed by atoms with Crippen LogP contribution >= 0.6 is 0 Å². The summed E-state index contributed by atoms with van der Waals surface area (Å²) in [7, 11) is 0. The van der Waals surface area contributed by atoms with Crippen molar-refractivity contribution in [3.8, 4) is 0 Å². The first-order valence-corrected chi connectivity index (χ1v) is 8.03. The highest BCUT2D eigenvalue weighted by Crippen LogP contribution is 2.23. The lowest BCUT2D eigenvalue weighted by molar-refractivity contribution is 0.0505. The number of hydrogen-bond acceptors (Lipinski definition) is 4. The summed E-state index contributed by atoms with van der Waals surface area (Å²) in [6, 6.07) is 0.901. The smallest absolute Gasteiger partial charge is 0.407 e. The Balaban J connectivity index is 1.78. The standard InChI is InChI=1S/C16H28N4O2/c1-11(2)20-10-14(9-17-20)18-12-6-7-13(8-12)19-15(21)22-16(3,4)5/h9-13,18H,6-8H2,1-5H3,(H,19,21). The molecule has 6 nitrogen and oxygen atoms in total. The average Bonchev–Trinajstić information content (AvgIpc) is 2.97. The predicted molar refractivity (Wildman–Crippen MR) is 87.0 cm³/mol. The van der Waals surface area contributed by atoms with Gasteiger partial charge in [0.15, 0.2) is 0 Å². The van der Waals surface area contributed by atoms with Crippen molar-refractivity contribution in [2.24, 2.45) is 0 Å². The van der Waals surface area contributed by atoms with Crippen LogP contribution in [0.5, 0.6) is 0 Å². The van der Waals surface area contributed by atoms with Gasteiger partial charge in [0.25, 0.3) is 0 Å². The fourth-order valence-electron chi connectivity index (χ4n) is 2.65. The Morgan fingerprint density at radius 2 is 2.05 bits per heavy atom. The van der Waals surface area contributed by atoms with E-state index >= 15 is 0 Å². The van der Waals surface area contributed by atoms with Crippen molar-refractivity contribution in [3.05, 3.63) is 12.4 Å². The third kappa shape index (κ3) is 4.93. The Bertz CT molecular complexity index is 504. The summed E-state index contributed by atoms with van der Waals surface area (Å²) in [5.41, 5.74) is 0.586. The molecule has 1 aromatic rings. The van der Waals surface area contributed by atoms with Gasteiger partial charge in [0.1, 0.15) is 5.60 Å². The Hall–Kier alpha value is -1.72. The van der Waals surface area contributed by atoms with E-state index in [1.807, 2.05) is 37.8 Å². The molecule has 1 aliphatic rings. The summed E-state index contributed by atoms with van der Waals surface area (Å²) in [4.78, 5) is 11.8. The van der Waals surface area contributed by atoms with Crippen LogP contribution in [0.2, 0.25) is 0 Å². The number of aromatic nitrogens is 2. The Kier molecular flexibility index (Phi) is 4.98. The maximum absolute atomic E-state index is 11.8. The second-order valence-corrected chi connectivity index (χ2v) is 7.30. The molecule has 2 N–H and O–H groups in total. The first kappa shape index (κ1) is 16.6. The van der Waals surface area contributed by atoms with Crippen LogP contribution in [0.4, 0.5) is 10.5 Å². The van der Waals surface area contributed by atoms with Crippen LogP contribution in [0.1, 0.15) is 59.9 Å². The van der Waals surface area contributed by atoms with Crippen molar-refractivity contribution < 1.29 is 9.53 Å². The molecule has 1 aliphatic carbocycles. The average molecular weight is 308 g/mol. The minimum Gasteiger partial charge on any atom is -0.444 e. The summed E-state index contributed by atoms with van der Waals surface area (Å²) >= 11 is 0. The number of anilines is 1. The maximum atomic E-state index is 11.8. The number of carbonyl (C=O) groups excluding carboxylic acids is 1. The molecule has 2 rings (SSSR count). The van der Waals surface area contributed by atoms with E-state index in [0.29, 0.717) is 12.1 Å². The van der Waals surface area contributed by atoms with Gasteiger partial charge in [0, 0.05) is 24.3 Å². The fraction of sp³-hybridized carbons (Fsp3) is 0.750. The van der Waals surface area contributed by atoms with Crippen LogP contribution < -0.4 is 10.6 Å². The fourth-order valence-corrected chi connectivity index (χ4v) is 2.65. The van der Waals surface area contributed by atoms with Crippen molar-refractivity contribution in [2.75, 3.05) is 5.32 Å². The van der Waals surface area contributed by atoms with Crippen LogP contribution in [0.25, 0.3) is 0 Å². The van der Waals surface area contributed by atoms with Gasteiger partial charge in [0.05, 0.1) is 11.9 Å². The minimum atomic E-state index is -0.453. The van der Waals surface area contributed by atoms with Crippen molar-refractivity contribution in [2.45, 2.75) is 77.6 Å². The first-order chi connectivity index (χ1) is 10.2. The Labute approximate surface area is 132 Å². The highest BCUT2D eigenvalue weighted by atomic mass is 16.6. The minimum absolute atomic E-state index is 0.174. The summed E-state index contributed by atoms with van der Waals surface area (Å²) in [6.07, 6.45) is 6.47. The number of ether oxygens (including phenoxy) is 1. The molecule has 2 atom stereocenters. The second-order valence-electron chi connectivity index (χ2n) is 7.30. The number of alkyl carbamates (subject to hydrolysis) is 1. The molecule has 1 amide bonds. The molecule has 6 heteroatoms. The summed E-state index contributed by atoms with van der Waals surface area (Å²) < 4.78 is 7.24. The quantitative estimate of drug-likeness (QED) is 0.895. The van der Waals surface area contributed by atoms with Gasteiger partial charge >= 0.3 is 6.09 Å². The van der Waals surface area contributed by atoms with E-state index in [1.54, 1.807) is 0 Å². The van der Waals surface area contributed by atoms with Crippen LogP contribution in [0.3, 0.4) is 0 Å². The largest absolute Gasteiger partial charge is 0.444 e. The Morgan fingerprint density at radius 1 is 1.36 bits per heavy atom. The Morgan fingerprint density at radius 3 is 2.64 bits per heavy atom. The van der Waals surface area contributed by atoms with E-state index < -0.39 is 5.60 Å². The SMILES string of the molecule is CC(C)n1cc(NC2CCC(NC(=O)OC(C)(C)C)C2)cn1. The molecule has 1 aromatic heterocycles. The molecule has 22 heavy (non-hydrogen) atoms. The lowest BCUT2D eigenvalue weighted by atomic mass is 10.2. The molecule has 1 heterocycles. The normalized spacial score (nSPS) is 21.9. The third-order valence-corrected chi connectivity index (χ3v) is 3.65. The van der Waals surface area contributed by atoms with Crippen molar-refractivity contribution >= 4 is 11.8 Å². The summed E-state index contributed by atoms with van der Waals surface area (Å²) in [6.45, 7) is 9.83. The molecule has 0 aromatic carbocycles. The number of rotatable bonds is 4. The molecule has 0 saturated heterocycles. The summed E-state index contributed by atoms with van der Waals surface area (Å²) in [5.74, 6) is 0. The van der Waals surface area contributed by atoms with E-state index in [1.165, 1.54) is 0 Å². The lowest BCUT2D eigenvalue weighted by Gasteiger charge is -2.21. The first-order valence-electron chi connectivity index (χ1n) is 8.03. The molecule has 0 spiro atoms. The number of amides is 1. The molecule has 124 valence electrons. The molecular weight excluding hydrogens is 280 g/mol.